The highest BCUT2D eigenvalue weighted by molar-refractivity contribution is 6.25. The second-order valence-electron chi connectivity index (χ2n) is 14.5. The summed E-state index contributed by atoms with van der Waals surface area (Å²) in [5, 5.41) is 52.1. The van der Waals surface area contributed by atoms with Crippen molar-refractivity contribution in [3.8, 4) is 5.75 Å². The van der Waals surface area contributed by atoms with E-state index in [0.29, 0.717) is 11.3 Å². The Morgan fingerprint density at radius 2 is 1.70 bits per heavy atom. The molecule has 4 aliphatic carbocycles. The lowest BCUT2D eigenvalue weighted by molar-refractivity contribution is -0.178. The van der Waals surface area contributed by atoms with Gasteiger partial charge in [0.15, 0.2) is 17.2 Å². The van der Waals surface area contributed by atoms with Gasteiger partial charge in [0, 0.05) is 49.3 Å². The van der Waals surface area contributed by atoms with Crippen LogP contribution in [-0.4, -0.2) is 106 Å². The molecule has 14 heteroatoms. The number of carbonyl (C=O) groups excluding carboxylic acids is 5. The van der Waals surface area contributed by atoms with Gasteiger partial charge in [-0.25, -0.2) is 0 Å². The number of nitrogens with one attached hydrogen (secondary N) is 2. The average Bonchev–Trinajstić information content (AvgIpc) is 2.94. The van der Waals surface area contributed by atoms with Crippen LogP contribution in [0.25, 0.3) is 5.76 Å². The molecule has 47 heavy (non-hydrogen) atoms. The molecular formula is C33H43N5O9. The van der Waals surface area contributed by atoms with Crippen LogP contribution in [0.15, 0.2) is 23.0 Å². The summed E-state index contributed by atoms with van der Waals surface area (Å²) >= 11 is 0. The molecule has 14 nitrogen and oxygen atoms in total. The average molecular weight is 654 g/mol. The Morgan fingerprint density at radius 3 is 2.26 bits per heavy atom. The van der Waals surface area contributed by atoms with Gasteiger partial charge in [0.05, 0.1) is 23.7 Å². The molecule has 254 valence electrons. The van der Waals surface area contributed by atoms with Gasteiger partial charge in [0.25, 0.3) is 5.91 Å². The fourth-order valence-corrected chi connectivity index (χ4v) is 8.01. The number of rotatable bonds is 6. The molecule has 0 spiro atoms. The Balaban J connectivity index is 1.65. The number of amides is 2. The molecule has 6 atom stereocenters. The zero-order valence-electron chi connectivity index (χ0n) is 27.6. The van der Waals surface area contributed by atoms with Crippen LogP contribution < -0.4 is 21.3 Å². The van der Waals surface area contributed by atoms with Crippen molar-refractivity contribution in [1.82, 2.24) is 10.2 Å². The van der Waals surface area contributed by atoms with Crippen molar-refractivity contribution in [3.63, 3.8) is 0 Å². The second-order valence-corrected chi connectivity index (χ2v) is 14.5. The van der Waals surface area contributed by atoms with Crippen molar-refractivity contribution >= 4 is 46.3 Å². The highest BCUT2D eigenvalue weighted by Gasteiger charge is 2.68. The molecule has 5 rings (SSSR count). The zero-order valence-corrected chi connectivity index (χ0v) is 27.6. The number of aliphatic hydroxyl groups is 3. The fourth-order valence-electron chi connectivity index (χ4n) is 8.01. The van der Waals surface area contributed by atoms with Crippen LogP contribution in [0, 0.1) is 23.7 Å². The first-order chi connectivity index (χ1) is 21.7. The van der Waals surface area contributed by atoms with Gasteiger partial charge >= 0.3 is 0 Å². The van der Waals surface area contributed by atoms with Crippen molar-refractivity contribution in [2.75, 3.05) is 45.0 Å². The third kappa shape index (κ3) is 5.28. The number of ketones is 3. The van der Waals surface area contributed by atoms with E-state index in [2.05, 4.69) is 10.6 Å². The number of allylic oxidation sites excluding steroid dienone is 1. The van der Waals surface area contributed by atoms with E-state index in [1.165, 1.54) is 0 Å². The van der Waals surface area contributed by atoms with Gasteiger partial charge in [-0.05, 0) is 71.2 Å². The number of hydrogen-bond acceptors (Lipinski definition) is 12. The van der Waals surface area contributed by atoms with Gasteiger partial charge in [0.1, 0.15) is 22.8 Å². The summed E-state index contributed by atoms with van der Waals surface area (Å²) in [4.78, 5) is 69.8. The first-order valence-corrected chi connectivity index (χ1v) is 15.5. The number of anilines is 2. The summed E-state index contributed by atoms with van der Waals surface area (Å²) in [5.41, 5.74) is 2.21. The second kappa shape index (κ2) is 11.5. The van der Waals surface area contributed by atoms with Crippen LogP contribution in [0.2, 0.25) is 0 Å². The first-order valence-electron chi connectivity index (χ1n) is 15.5. The number of phenols is 1. The number of phenolic OH excluding ortho intramolecular Hbond substituents is 1. The molecule has 4 aliphatic rings. The maximum atomic E-state index is 14.4. The van der Waals surface area contributed by atoms with E-state index in [9.17, 15) is 44.4 Å². The summed E-state index contributed by atoms with van der Waals surface area (Å²) in [7, 11) is 6.85. The van der Waals surface area contributed by atoms with Gasteiger partial charge < -0.3 is 46.6 Å². The Bertz CT molecular complexity index is 1670. The molecule has 0 radical (unpaired) electrons. The third-order valence-corrected chi connectivity index (χ3v) is 9.97. The van der Waals surface area contributed by atoms with E-state index in [1.54, 1.807) is 44.1 Å². The minimum absolute atomic E-state index is 0.0104. The number of nitrogens with two attached hydrogens (primary N) is 1. The van der Waals surface area contributed by atoms with Crippen molar-refractivity contribution < 1.29 is 44.4 Å². The minimum Gasteiger partial charge on any atom is -0.511 e. The van der Waals surface area contributed by atoms with Gasteiger partial charge in [-0.1, -0.05) is 0 Å². The molecule has 1 aromatic rings. The molecule has 0 heterocycles. The molecule has 0 saturated heterocycles. The normalized spacial score (nSPS) is 28.9. The summed E-state index contributed by atoms with van der Waals surface area (Å²) in [5.74, 6) is -10.7. The SMILES string of the molecule is CN(C)c1cc(NC(=O)CNC(C)(C)C)c(O)c2c1CC1CC3[C@H](N(C)C)C4CC(=O)C(C(N)=O)=C(O)C4C(=O)[C@@]3(O)C(=O)C1=C2O. The van der Waals surface area contributed by atoms with Crippen molar-refractivity contribution in [3.05, 3.63) is 34.1 Å². The number of nitrogens with zero attached hydrogens (tertiary/aromatic N) is 2. The largest absolute Gasteiger partial charge is 0.511 e. The van der Waals surface area contributed by atoms with Gasteiger partial charge in [0.2, 0.25) is 11.7 Å². The topological polar surface area (TPSA) is 223 Å². The van der Waals surface area contributed by atoms with Gasteiger partial charge in [-0.3, -0.25) is 24.0 Å². The van der Waals surface area contributed by atoms with E-state index in [4.69, 9.17) is 5.73 Å². The van der Waals surface area contributed by atoms with E-state index >= 15 is 0 Å². The molecule has 4 unspecified atom stereocenters. The Kier molecular flexibility index (Phi) is 8.31. The minimum atomic E-state index is -2.74. The van der Waals surface area contributed by atoms with Crippen LogP contribution in [0.4, 0.5) is 11.4 Å². The van der Waals surface area contributed by atoms with Gasteiger partial charge in [-0.2, -0.15) is 0 Å². The smallest absolute Gasteiger partial charge is 0.255 e. The van der Waals surface area contributed by atoms with Crippen LogP contribution in [0.3, 0.4) is 0 Å². The van der Waals surface area contributed by atoms with Crippen molar-refractivity contribution in [2.45, 2.75) is 57.2 Å². The van der Waals surface area contributed by atoms with Crippen LogP contribution in [0.1, 0.15) is 44.7 Å². The highest BCUT2D eigenvalue weighted by atomic mass is 16.3. The molecule has 0 aliphatic heterocycles. The highest BCUT2D eigenvalue weighted by Crippen LogP contribution is 2.57. The number of primary amides is 1. The lowest BCUT2D eigenvalue weighted by Crippen LogP contribution is -2.71. The zero-order chi connectivity index (χ0) is 35.1. The van der Waals surface area contributed by atoms with Crippen LogP contribution in [0.5, 0.6) is 5.75 Å². The number of carbonyl (C=O) groups is 5. The summed E-state index contributed by atoms with van der Waals surface area (Å²) in [6, 6.07) is 0.817. The van der Waals surface area contributed by atoms with Crippen molar-refractivity contribution in [1.29, 1.82) is 0 Å². The van der Waals surface area contributed by atoms with Gasteiger partial charge in [-0.15, -0.1) is 0 Å². The monoisotopic (exact) mass is 653 g/mol. The predicted octanol–water partition coefficient (Wildman–Crippen LogP) is 0.562. The molecule has 1 aromatic carbocycles. The lowest BCUT2D eigenvalue weighted by atomic mass is 9.51. The molecule has 2 fully saturated rings. The Labute approximate surface area is 272 Å². The van der Waals surface area contributed by atoms with Crippen molar-refractivity contribution in [2.24, 2.45) is 29.4 Å². The molecule has 2 amide bonds. The van der Waals surface area contributed by atoms with E-state index in [0.717, 1.165) is 0 Å². The molecular weight excluding hydrogens is 610 g/mol. The molecule has 2 saturated carbocycles. The predicted molar refractivity (Wildman–Crippen MR) is 172 cm³/mol. The Morgan fingerprint density at radius 1 is 1.06 bits per heavy atom. The maximum absolute atomic E-state index is 14.4. The summed E-state index contributed by atoms with van der Waals surface area (Å²) in [6.45, 7) is 5.60. The van der Waals surface area contributed by atoms with Crippen LogP contribution >= 0.6 is 0 Å². The number of aliphatic hydroxyl groups excluding tert-OH is 2. The number of aromatic hydroxyl groups is 1. The van der Waals surface area contributed by atoms with E-state index in [1.807, 2.05) is 20.8 Å². The van der Waals surface area contributed by atoms with Crippen LogP contribution in [-0.2, 0) is 30.4 Å². The summed E-state index contributed by atoms with van der Waals surface area (Å²) in [6.07, 6.45) is -0.112. The molecule has 8 N–H and O–H groups in total. The molecule has 0 bridgehead atoms. The van der Waals surface area contributed by atoms with E-state index in [-0.39, 0.29) is 48.2 Å². The number of fused-ring (bicyclic) bond motifs is 4. The maximum Gasteiger partial charge on any atom is 0.255 e. The number of Topliss-reactive ketones (excluding diaryl/α,β-unsaturated/α-hetero) is 3. The third-order valence-electron chi connectivity index (χ3n) is 9.97. The number of benzene rings is 1. The number of hydrogen-bond donors (Lipinski definition) is 7. The van der Waals surface area contributed by atoms with E-state index < -0.39 is 87.3 Å². The standard InChI is InChI=1S/C33H43N5O9/c1-32(2,3)35-12-20(40)36-17-11-18(37(4)5)14-8-13-9-16-25(38(6)7)15-10-19(39)24(31(34)46)28(43)23(15)30(45)33(16,47)29(44)21(13)27(42)22(14)26(17)41/h11,13,15-16,23,25,35,41-43,47H,8-10,12H2,1-7H3,(H2,34,46)(H,36,40)/t13?,15?,16?,23?,25-,33+/m1/s1. The lowest BCUT2D eigenvalue weighted by Gasteiger charge is -2.56. The first kappa shape index (κ1) is 34.1. The fraction of sp³-hybridized carbons (Fsp3) is 0.545. The Hall–Kier alpha value is -4.27. The molecule has 0 aromatic heterocycles. The quantitative estimate of drug-likeness (QED) is 0.127. The summed E-state index contributed by atoms with van der Waals surface area (Å²) < 4.78 is 0.